The number of carbonyl (C=O) groups excluding carboxylic acids is 1. The SMILES string of the molecule is COC(=O)c1cc(-c2ccn[nH]2)ccc1C. The molecule has 0 amide bonds. The molecule has 0 saturated heterocycles. The summed E-state index contributed by atoms with van der Waals surface area (Å²) >= 11 is 0. The molecule has 1 aromatic heterocycles. The number of nitrogens with zero attached hydrogens (tertiary/aromatic N) is 1. The zero-order valence-corrected chi connectivity index (χ0v) is 9.15. The third-order valence-electron chi connectivity index (χ3n) is 2.45. The number of methoxy groups -OCH3 is 1. The minimum Gasteiger partial charge on any atom is -0.465 e. The highest BCUT2D eigenvalue weighted by molar-refractivity contribution is 5.92. The van der Waals surface area contributed by atoms with E-state index in [1.807, 2.05) is 25.1 Å². The molecule has 0 aliphatic rings. The van der Waals surface area contributed by atoms with E-state index in [4.69, 9.17) is 4.74 Å². The smallest absolute Gasteiger partial charge is 0.338 e. The molecule has 0 saturated carbocycles. The molecule has 4 heteroatoms. The van der Waals surface area contributed by atoms with Gasteiger partial charge in [-0.2, -0.15) is 5.10 Å². The zero-order valence-electron chi connectivity index (χ0n) is 9.15. The second-order valence-corrected chi connectivity index (χ2v) is 3.49. The van der Waals surface area contributed by atoms with Crippen molar-refractivity contribution in [1.29, 1.82) is 0 Å². The number of carbonyl (C=O) groups is 1. The maximum absolute atomic E-state index is 11.5. The van der Waals surface area contributed by atoms with Gasteiger partial charge in [0.05, 0.1) is 18.4 Å². The van der Waals surface area contributed by atoms with Crippen molar-refractivity contribution in [2.45, 2.75) is 6.92 Å². The van der Waals surface area contributed by atoms with E-state index in [2.05, 4.69) is 10.2 Å². The first kappa shape index (κ1) is 10.4. The second kappa shape index (κ2) is 4.18. The quantitative estimate of drug-likeness (QED) is 0.783. The van der Waals surface area contributed by atoms with Crippen LogP contribution in [0.25, 0.3) is 11.3 Å². The van der Waals surface area contributed by atoms with Crippen LogP contribution in [0.2, 0.25) is 0 Å². The Bertz CT molecular complexity index is 504. The highest BCUT2D eigenvalue weighted by Crippen LogP contribution is 2.20. The summed E-state index contributed by atoms with van der Waals surface area (Å²) in [6.45, 7) is 1.88. The topological polar surface area (TPSA) is 55.0 Å². The summed E-state index contributed by atoms with van der Waals surface area (Å²) in [6, 6.07) is 7.48. The Hall–Kier alpha value is -2.10. The lowest BCUT2D eigenvalue weighted by Crippen LogP contribution is -2.03. The molecule has 2 aromatic rings. The van der Waals surface area contributed by atoms with Crippen molar-refractivity contribution in [2.24, 2.45) is 0 Å². The van der Waals surface area contributed by atoms with Crippen molar-refractivity contribution in [3.05, 3.63) is 41.6 Å². The molecule has 0 spiro atoms. The van der Waals surface area contributed by atoms with Crippen LogP contribution in [0.5, 0.6) is 0 Å². The van der Waals surface area contributed by atoms with Gasteiger partial charge in [0.2, 0.25) is 0 Å². The van der Waals surface area contributed by atoms with E-state index in [1.54, 1.807) is 12.3 Å². The van der Waals surface area contributed by atoms with E-state index in [1.165, 1.54) is 7.11 Å². The summed E-state index contributed by atoms with van der Waals surface area (Å²) in [6.07, 6.45) is 1.67. The summed E-state index contributed by atoms with van der Waals surface area (Å²) in [4.78, 5) is 11.5. The minimum absolute atomic E-state index is 0.320. The van der Waals surface area contributed by atoms with Gasteiger partial charge in [-0.15, -0.1) is 0 Å². The molecule has 0 fully saturated rings. The van der Waals surface area contributed by atoms with Crippen molar-refractivity contribution >= 4 is 5.97 Å². The standard InChI is InChI=1S/C12H12N2O2/c1-8-3-4-9(11-5-6-13-14-11)7-10(8)12(15)16-2/h3-7H,1-2H3,(H,13,14). The lowest BCUT2D eigenvalue weighted by atomic mass is 10.0. The number of benzene rings is 1. The van der Waals surface area contributed by atoms with Gasteiger partial charge in [-0.1, -0.05) is 12.1 Å². The van der Waals surface area contributed by atoms with E-state index < -0.39 is 0 Å². The van der Waals surface area contributed by atoms with Crippen LogP contribution in [-0.4, -0.2) is 23.3 Å². The zero-order chi connectivity index (χ0) is 11.5. The molecular formula is C12H12N2O2. The molecule has 0 bridgehead atoms. The molecule has 1 heterocycles. The molecule has 16 heavy (non-hydrogen) atoms. The molecular weight excluding hydrogens is 204 g/mol. The van der Waals surface area contributed by atoms with E-state index in [-0.39, 0.29) is 5.97 Å². The van der Waals surface area contributed by atoms with E-state index in [9.17, 15) is 4.79 Å². The van der Waals surface area contributed by atoms with Gasteiger partial charge in [0.25, 0.3) is 0 Å². The van der Waals surface area contributed by atoms with Crippen molar-refractivity contribution in [3.8, 4) is 11.3 Å². The fourth-order valence-electron chi connectivity index (χ4n) is 1.54. The maximum atomic E-state index is 11.5. The molecule has 0 unspecified atom stereocenters. The molecule has 0 atom stereocenters. The Morgan fingerprint density at radius 2 is 2.19 bits per heavy atom. The van der Waals surface area contributed by atoms with Crippen molar-refractivity contribution in [1.82, 2.24) is 10.2 Å². The normalized spacial score (nSPS) is 10.1. The van der Waals surface area contributed by atoms with Gasteiger partial charge in [0, 0.05) is 11.8 Å². The first-order valence-corrected chi connectivity index (χ1v) is 4.91. The maximum Gasteiger partial charge on any atom is 0.338 e. The van der Waals surface area contributed by atoms with Gasteiger partial charge in [0.15, 0.2) is 0 Å². The third kappa shape index (κ3) is 1.82. The number of aryl methyl sites for hydroxylation is 1. The summed E-state index contributed by atoms with van der Waals surface area (Å²) in [5.74, 6) is -0.320. The molecule has 2 rings (SSSR count). The Labute approximate surface area is 93.3 Å². The number of esters is 1. The van der Waals surface area contributed by atoms with Crippen molar-refractivity contribution < 1.29 is 9.53 Å². The number of nitrogens with one attached hydrogen (secondary N) is 1. The molecule has 0 aliphatic carbocycles. The van der Waals surface area contributed by atoms with Crippen LogP contribution < -0.4 is 0 Å². The lowest BCUT2D eigenvalue weighted by Gasteiger charge is -2.05. The Morgan fingerprint density at radius 3 is 2.81 bits per heavy atom. The predicted molar refractivity (Wildman–Crippen MR) is 60.1 cm³/mol. The van der Waals surface area contributed by atoms with Crippen LogP contribution in [0.4, 0.5) is 0 Å². The molecule has 0 aliphatic heterocycles. The van der Waals surface area contributed by atoms with E-state index >= 15 is 0 Å². The van der Waals surface area contributed by atoms with Crippen LogP contribution in [0.1, 0.15) is 15.9 Å². The number of H-pyrrole nitrogens is 1. The third-order valence-corrected chi connectivity index (χ3v) is 2.45. The molecule has 0 radical (unpaired) electrons. The fraction of sp³-hybridized carbons (Fsp3) is 0.167. The van der Waals surface area contributed by atoms with E-state index in [0.717, 1.165) is 16.8 Å². The summed E-state index contributed by atoms with van der Waals surface area (Å²) in [7, 11) is 1.38. The summed E-state index contributed by atoms with van der Waals surface area (Å²) in [5, 5.41) is 6.73. The highest BCUT2D eigenvalue weighted by atomic mass is 16.5. The Kier molecular flexibility index (Phi) is 2.72. The number of hydrogen-bond acceptors (Lipinski definition) is 3. The largest absolute Gasteiger partial charge is 0.465 e. The summed E-state index contributed by atoms with van der Waals surface area (Å²) in [5.41, 5.74) is 3.28. The van der Waals surface area contributed by atoms with Crippen LogP contribution in [0, 0.1) is 6.92 Å². The second-order valence-electron chi connectivity index (χ2n) is 3.49. The number of ether oxygens (including phenoxy) is 1. The number of rotatable bonds is 2. The number of aromatic amines is 1. The predicted octanol–water partition coefficient (Wildman–Crippen LogP) is 2.17. The highest BCUT2D eigenvalue weighted by Gasteiger charge is 2.10. The Balaban J connectivity index is 2.47. The Morgan fingerprint density at radius 1 is 1.38 bits per heavy atom. The van der Waals surface area contributed by atoms with E-state index in [0.29, 0.717) is 5.56 Å². The number of aromatic nitrogens is 2. The van der Waals surface area contributed by atoms with Crippen molar-refractivity contribution in [3.63, 3.8) is 0 Å². The van der Waals surface area contributed by atoms with Crippen LogP contribution in [0.3, 0.4) is 0 Å². The minimum atomic E-state index is -0.320. The first-order valence-electron chi connectivity index (χ1n) is 4.91. The molecule has 4 nitrogen and oxygen atoms in total. The lowest BCUT2D eigenvalue weighted by molar-refractivity contribution is 0.0600. The van der Waals surface area contributed by atoms with Gasteiger partial charge in [-0.3, -0.25) is 5.10 Å². The monoisotopic (exact) mass is 216 g/mol. The fourth-order valence-corrected chi connectivity index (χ4v) is 1.54. The average Bonchev–Trinajstić information content (AvgIpc) is 2.82. The van der Waals surface area contributed by atoms with Gasteiger partial charge < -0.3 is 4.74 Å². The van der Waals surface area contributed by atoms with Gasteiger partial charge in [-0.25, -0.2) is 4.79 Å². The van der Waals surface area contributed by atoms with Gasteiger partial charge in [0.1, 0.15) is 0 Å². The molecule has 1 N–H and O–H groups in total. The van der Waals surface area contributed by atoms with Gasteiger partial charge >= 0.3 is 5.97 Å². The van der Waals surface area contributed by atoms with Crippen molar-refractivity contribution in [2.75, 3.05) is 7.11 Å². The molecule has 1 aromatic carbocycles. The first-order chi connectivity index (χ1) is 7.72. The van der Waals surface area contributed by atoms with Crippen LogP contribution in [0.15, 0.2) is 30.5 Å². The van der Waals surface area contributed by atoms with Crippen LogP contribution in [-0.2, 0) is 4.74 Å². The average molecular weight is 216 g/mol. The molecule has 82 valence electrons. The number of hydrogen-bond donors (Lipinski definition) is 1. The summed E-state index contributed by atoms with van der Waals surface area (Å²) < 4.78 is 4.72. The van der Waals surface area contributed by atoms with Gasteiger partial charge in [-0.05, 0) is 24.6 Å². The van der Waals surface area contributed by atoms with Crippen LogP contribution >= 0.6 is 0 Å².